The van der Waals surface area contributed by atoms with Crippen LogP contribution in [0.4, 0.5) is 5.69 Å². The van der Waals surface area contributed by atoms with Gasteiger partial charge < -0.3 is 9.84 Å². The van der Waals surface area contributed by atoms with E-state index in [4.69, 9.17) is 4.52 Å². The summed E-state index contributed by atoms with van der Waals surface area (Å²) in [7, 11) is 0. The molecule has 1 N–H and O–H groups in total. The van der Waals surface area contributed by atoms with Crippen molar-refractivity contribution in [2.75, 3.05) is 6.54 Å². The summed E-state index contributed by atoms with van der Waals surface area (Å²) in [5.41, 5.74) is -0.597. The number of carbonyl (C=O) groups excluding carboxylic acids is 1. The van der Waals surface area contributed by atoms with Crippen molar-refractivity contribution >= 4 is 11.6 Å². The monoisotopic (exact) mass is 241 g/mol. The molecule has 0 fully saturated rings. The van der Waals surface area contributed by atoms with Crippen molar-refractivity contribution in [2.45, 2.75) is 33.1 Å². The number of nitrogens with zero attached hydrogens (tertiary/aromatic N) is 2. The van der Waals surface area contributed by atoms with Crippen LogP contribution in [0.5, 0.6) is 0 Å². The summed E-state index contributed by atoms with van der Waals surface area (Å²) in [4.78, 5) is 21.9. The predicted octanol–water partition coefficient (Wildman–Crippen LogP) is 1.85. The van der Waals surface area contributed by atoms with Crippen LogP contribution >= 0.6 is 0 Å². The highest BCUT2D eigenvalue weighted by molar-refractivity contribution is 5.96. The van der Waals surface area contributed by atoms with Gasteiger partial charge in [0.1, 0.15) is 0 Å². The number of carbonyl (C=O) groups is 1. The maximum absolute atomic E-state index is 11.6. The highest BCUT2D eigenvalue weighted by Gasteiger charge is 2.32. The minimum Gasteiger partial charge on any atom is -0.353 e. The van der Waals surface area contributed by atoms with E-state index in [1.807, 2.05) is 6.92 Å². The van der Waals surface area contributed by atoms with Gasteiger partial charge in [-0.2, -0.15) is 0 Å². The summed E-state index contributed by atoms with van der Waals surface area (Å²) in [6.45, 7) is 5.80. The Morgan fingerprint density at radius 2 is 2.24 bits per heavy atom. The molecule has 1 heterocycles. The lowest BCUT2D eigenvalue weighted by molar-refractivity contribution is -0.386. The number of nitro groups is 1. The predicted molar refractivity (Wildman–Crippen MR) is 59.9 cm³/mol. The molecule has 0 atom stereocenters. The second-order valence-corrected chi connectivity index (χ2v) is 3.91. The van der Waals surface area contributed by atoms with E-state index in [1.165, 1.54) is 0 Å². The van der Waals surface area contributed by atoms with Crippen molar-refractivity contribution < 1.29 is 14.2 Å². The molecule has 0 aliphatic rings. The topological polar surface area (TPSA) is 98.3 Å². The molecular weight excluding hydrogens is 226 g/mol. The molecule has 0 saturated carbocycles. The van der Waals surface area contributed by atoms with Crippen LogP contribution in [0.1, 0.15) is 49.4 Å². The Balaban J connectivity index is 3.08. The molecule has 0 spiro atoms. The second-order valence-electron chi connectivity index (χ2n) is 3.91. The first-order valence-corrected chi connectivity index (χ1v) is 5.41. The number of nitrogens with one attached hydrogen (secondary N) is 1. The Kier molecular flexibility index (Phi) is 4.19. The average molecular weight is 241 g/mol. The molecule has 17 heavy (non-hydrogen) atoms. The number of amides is 1. The molecule has 0 aliphatic carbocycles. The Labute approximate surface area is 98.3 Å². The van der Waals surface area contributed by atoms with Gasteiger partial charge in [-0.3, -0.25) is 14.9 Å². The van der Waals surface area contributed by atoms with Crippen molar-refractivity contribution in [3.05, 3.63) is 21.6 Å². The molecule has 0 radical (unpaired) electrons. The maximum Gasteiger partial charge on any atom is 0.344 e. The molecule has 0 saturated heterocycles. The minimum atomic E-state index is -0.632. The highest BCUT2D eigenvalue weighted by Crippen LogP contribution is 2.29. The fraction of sp³-hybridized carbons (Fsp3) is 0.600. The van der Waals surface area contributed by atoms with E-state index in [9.17, 15) is 14.9 Å². The zero-order valence-corrected chi connectivity index (χ0v) is 10.0. The smallest absolute Gasteiger partial charge is 0.344 e. The van der Waals surface area contributed by atoms with Gasteiger partial charge in [0.05, 0.1) is 4.92 Å². The fourth-order valence-corrected chi connectivity index (χ4v) is 1.32. The molecular formula is C10H15N3O4. The Morgan fingerprint density at radius 1 is 1.59 bits per heavy atom. The van der Waals surface area contributed by atoms with Crippen molar-refractivity contribution in [1.29, 1.82) is 0 Å². The van der Waals surface area contributed by atoms with Crippen LogP contribution in [0.3, 0.4) is 0 Å². The van der Waals surface area contributed by atoms with E-state index in [0.29, 0.717) is 6.54 Å². The van der Waals surface area contributed by atoms with Crippen LogP contribution in [0.25, 0.3) is 0 Å². The first-order valence-electron chi connectivity index (χ1n) is 5.41. The lowest BCUT2D eigenvalue weighted by atomic mass is 10.1. The zero-order chi connectivity index (χ0) is 13.0. The van der Waals surface area contributed by atoms with E-state index >= 15 is 0 Å². The third-order valence-electron chi connectivity index (χ3n) is 2.15. The molecule has 7 nitrogen and oxygen atoms in total. The van der Waals surface area contributed by atoms with Crippen LogP contribution in [-0.2, 0) is 0 Å². The van der Waals surface area contributed by atoms with Gasteiger partial charge in [-0.25, -0.2) is 0 Å². The molecule has 7 heteroatoms. The summed E-state index contributed by atoms with van der Waals surface area (Å²) in [6.07, 6.45) is 0.744. The van der Waals surface area contributed by atoms with Crippen molar-refractivity contribution in [1.82, 2.24) is 10.5 Å². The van der Waals surface area contributed by atoms with Crippen LogP contribution in [-0.4, -0.2) is 22.5 Å². The maximum atomic E-state index is 11.6. The summed E-state index contributed by atoms with van der Waals surface area (Å²) in [5, 5.41) is 16.9. The minimum absolute atomic E-state index is 0.122. The van der Waals surface area contributed by atoms with Gasteiger partial charge >= 0.3 is 5.69 Å². The molecule has 94 valence electrons. The van der Waals surface area contributed by atoms with Crippen molar-refractivity contribution in [2.24, 2.45) is 0 Å². The van der Waals surface area contributed by atoms with Gasteiger partial charge in [-0.05, 0) is 6.42 Å². The standard InChI is InChI=1S/C10H15N3O4/c1-4-5-11-10(14)7-8(13(15)16)9(6(2)3)17-12-7/h6H,4-5H2,1-3H3,(H,11,14). The quantitative estimate of drug-likeness (QED) is 0.626. The molecule has 1 rings (SSSR count). The fourth-order valence-electron chi connectivity index (χ4n) is 1.32. The van der Waals surface area contributed by atoms with Gasteiger partial charge in [0, 0.05) is 12.5 Å². The largest absolute Gasteiger partial charge is 0.353 e. The normalized spacial score (nSPS) is 10.6. The summed E-state index contributed by atoms with van der Waals surface area (Å²) in [5.74, 6) is -0.651. The molecule has 0 unspecified atom stereocenters. The lowest BCUT2D eigenvalue weighted by Gasteiger charge is -2.00. The van der Waals surface area contributed by atoms with Gasteiger partial charge in [0.25, 0.3) is 5.91 Å². The van der Waals surface area contributed by atoms with Crippen molar-refractivity contribution in [3.63, 3.8) is 0 Å². The summed E-state index contributed by atoms with van der Waals surface area (Å²) in [6, 6.07) is 0. The van der Waals surface area contributed by atoms with Crippen LogP contribution in [0.2, 0.25) is 0 Å². The Bertz CT molecular complexity index is 425. The first-order chi connectivity index (χ1) is 7.99. The molecule has 0 aromatic carbocycles. The third-order valence-corrected chi connectivity index (χ3v) is 2.15. The SMILES string of the molecule is CCCNC(=O)c1noc(C(C)C)c1[N+](=O)[O-]. The summed E-state index contributed by atoms with van der Waals surface area (Å²) < 4.78 is 4.87. The number of aromatic nitrogens is 1. The number of hydrogen-bond donors (Lipinski definition) is 1. The number of hydrogen-bond acceptors (Lipinski definition) is 5. The van der Waals surface area contributed by atoms with Crippen LogP contribution in [0.15, 0.2) is 4.52 Å². The molecule has 0 aliphatic heterocycles. The molecule has 1 aromatic rings. The summed E-state index contributed by atoms with van der Waals surface area (Å²) >= 11 is 0. The van der Waals surface area contributed by atoms with Gasteiger partial charge in [-0.15, -0.1) is 0 Å². The van der Waals surface area contributed by atoms with Gasteiger partial charge in [0.2, 0.25) is 11.5 Å². The second kappa shape index (κ2) is 5.42. The lowest BCUT2D eigenvalue weighted by Crippen LogP contribution is -2.25. The number of rotatable bonds is 5. The van der Waals surface area contributed by atoms with E-state index in [0.717, 1.165) is 6.42 Å². The molecule has 1 aromatic heterocycles. The Hall–Kier alpha value is -1.92. The van der Waals surface area contributed by atoms with E-state index in [2.05, 4.69) is 10.5 Å². The Morgan fingerprint density at radius 3 is 2.71 bits per heavy atom. The van der Waals surface area contributed by atoms with E-state index < -0.39 is 10.8 Å². The third kappa shape index (κ3) is 2.80. The highest BCUT2D eigenvalue weighted by atomic mass is 16.6. The van der Waals surface area contributed by atoms with Gasteiger partial charge in [-0.1, -0.05) is 25.9 Å². The molecule has 0 bridgehead atoms. The van der Waals surface area contributed by atoms with Crippen LogP contribution < -0.4 is 5.32 Å². The average Bonchev–Trinajstić information content (AvgIpc) is 2.70. The molecule has 1 amide bonds. The van der Waals surface area contributed by atoms with Crippen molar-refractivity contribution in [3.8, 4) is 0 Å². The van der Waals surface area contributed by atoms with E-state index in [1.54, 1.807) is 13.8 Å². The van der Waals surface area contributed by atoms with Gasteiger partial charge in [0.15, 0.2) is 0 Å². The van der Waals surface area contributed by atoms with E-state index in [-0.39, 0.29) is 23.1 Å². The zero-order valence-electron chi connectivity index (χ0n) is 10.0. The first kappa shape index (κ1) is 13.1. The van der Waals surface area contributed by atoms with Crippen LogP contribution in [0, 0.1) is 10.1 Å².